The fourth-order valence-electron chi connectivity index (χ4n) is 2.97. The topological polar surface area (TPSA) is 84.3 Å². The van der Waals surface area contributed by atoms with Crippen molar-refractivity contribution in [2.75, 3.05) is 41.0 Å². The molecule has 1 unspecified atom stereocenters. The largest absolute Gasteiger partial charge is 0.493 e. The molecule has 0 amide bonds. The van der Waals surface area contributed by atoms with E-state index in [1.54, 1.807) is 21.3 Å². The molecule has 28 heavy (non-hydrogen) atoms. The Kier molecular flexibility index (Phi) is 14.7. The average molecular weight is 509 g/mol. The van der Waals surface area contributed by atoms with Gasteiger partial charge in [0.15, 0.2) is 17.5 Å². The van der Waals surface area contributed by atoms with Crippen molar-refractivity contribution in [1.29, 1.82) is 0 Å². The van der Waals surface area contributed by atoms with Crippen LogP contribution in [0.1, 0.15) is 38.7 Å². The van der Waals surface area contributed by atoms with Gasteiger partial charge in [-0.25, -0.2) is 4.99 Å². The molecule has 8 heteroatoms. The van der Waals surface area contributed by atoms with E-state index in [0.717, 1.165) is 43.9 Å². The highest BCUT2D eigenvalue weighted by Gasteiger charge is 2.15. The minimum absolute atomic E-state index is 0. The van der Waals surface area contributed by atoms with E-state index in [9.17, 15) is 5.11 Å². The van der Waals surface area contributed by atoms with E-state index in [1.807, 2.05) is 19.1 Å². The Hall–Kier alpha value is -1.42. The second-order valence-corrected chi connectivity index (χ2v) is 6.24. The Balaban J connectivity index is 0.00000729. The van der Waals surface area contributed by atoms with Crippen molar-refractivity contribution < 1.29 is 19.3 Å². The van der Waals surface area contributed by atoms with E-state index < -0.39 is 0 Å². The van der Waals surface area contributed by atoms with Crippen LogP contribution >= 0.6 is 24.0 Å². The molecule has 0 aromatic heterocycles. The molecule has 0 fully saturated rings. The third kappa shape index (κ3) is 8.30. The molecule has 162 valence electrons. The molecule has 0 radical (unpaired) electrons. The van der Waals surface area contributed by atoms with E-state index in [-0.39, 0.29) is 30.6 Å². The van der Waals surface area contributed by atoms with Crippen molar-refractivity contribution in [2.45, 2.75) is 39.7 Å². The lowest BCUT2D eigenvalue weighted by molar-refractivity contribution is 0.251. The summed E-state index contributed by atoms with van der Waals surface area (Å²) in [6, 6.07) is 3.78. The molecule has 1 aromatic carbocycles. The van der Waals surface area contributed by atoms with Crippen LogP contribution in [0.25, 0.3) is 0 Å². The van der Waals surface area contributed by atoms with Crippen LogP contribution in [-0.2, 0) is 6.54 Å². The molecule has 0 saturated carbocycles. The monoisotopic (exact) mass is 509 g/mol. The summed E-state index contributed by atoms with van der Waals surface area (Å²) >= 11 is 0. The van der Waals surface area contributed by atoms with Crippen molar-refractivity contribution in [1.82, 2.24) is 10.6 Å². The van der Waals surface area contributed by atoms with Gasteiger partial charge in [-0.1, -0.05) is 13.3 Å². The summed E-state index contributed by atoms with van der Waals surface area (Å²) in [7, 11) is 4.80. The smallest absolute Gasteiger partial charge is 0.203 e. The molecule has 0 aliphatic heterocycles. The Morgan fingerprint density at radius 3 is 2.29 bits per heavy atom. The number of rotatable bonds is 12. The van der Waals surface area contributed by atoms with Crippen molar-refractivity contribution >= 4 is 29.9 Å². The maximum Gasteiger partial charge on any atom is 0.203 e. The second kappa shape index (κ2) is 15.5. The van der Waals surface area contributed by atoms with E-state index in [0.29, 0.717) is 29.7 Å². The van der Waals surface area contributed by atoms with Crippen LogP contribution < -0.4 is 24.8 Å². The van der Waals surface area contributed by atoms with Crippen LogP contribution in [-0.4, -0.2) is 52.1 Å². The van der Waals surface area contributed by atoms with Gasteiger partial charge >= 0.3 is 0 Å². The van der Waals surface area contributed by atoms with E-state index in [2.05, 4.69) is 22.5 Å². The Labute approximate surface area is 186 Å². The van der Waals surface area contributed by atoms with Gasteiger partial charge in [-0.05, 0) is 37.8 Å². The Morgan fingerprint density at radius 2 is 1.75 bits per heavy atom. The number of aliphatic hydroxyl groups is 1. The van der Waals surface area contributed by atoms with Gasteiger partial charge in [0.25, 0.3) is 0 Å². The Morgan fingerprint density at radius 1 is 1.04 bits per heavy atom. The number of aliphatic imine (C=N–C) groups is 1. The number of methoxy groups -OCH3 is 3. The van der Waals surface area contributed by atoms with Crippen LogP contribution in [0.3, 0.4) is 0 Å². The number of nitrogens with one attached hydrogen (secondary N) is 2. The fourth-order valence-corrected chi connectivity index (χ4v) is 2.97. The SMILES string of the molecule is CCCC(CCO)CNC(=NCc1ccc(OC)c(OC)c1OC)NCC.I. The first-order valence-electron chi connectivity index (χ1n) is 9.55. The number of nitrogens with zero attached hydrogens (tertiary/aromatic N) is 1. The van der Waals surface area contributed by atoms with Crippen LogP contribution in [0.4, 0.5) is 0 Å². The first-order valence-corrected chi connectivity index (χ1v) is 9.55. The molecule has 1 atom stereocenters. The Bertz CT molecular complexity index is 579. The number of aliphatic hydroxyl groups excluding tert-OH is 1. The van der Waals surface area contributed by atoms with Gasteiger partial charge in [0, 0.05) is 25.3 Å². The maximum absolute atomic E-state index is 9.22. The lowest BCUT2D eigenvalue weighted by Gasteiger charge is -2.19. The van der Waals surface area contributed by atoms with Gasteiger partial charge in [0.2, 0.25) is 5.75 Å². The quantitative estimate of drug-likeness (QED) is 0.228. The predicted molar refractivity (Wildman–Crippen MR) is 124 cm³/mol. The van der Waals surface area contributed by atoms with Gasteiger partial charge in [0.1, 0.15) is 0 Å². The van der Waals surface area contributed by atoms with Crippen LogP contribution in [0.5, 0.6) is 17.2 Å². The predicted octanol–water partition coefficient (Wildman–Crippen LogP) is 3.18. The van der Waals surface area contributed by atoms with E-state index in [1.165, 1.54) is 0 Å². The zero-order valence-corrected chi connectivity index (χ0v) is 20.0. The normalized spacial score (nSPS) is 12.0. The summed E-state index contributed by atoms with van der Waals surface area (Å²) in [4.78, 5) is 4.67. The fraction of sp³-hybridized carbons (Fsp3) is 0.650. The molecule has 0 aliphatic rings. The zero-order valence-electron chi connectivity index (χ0n) is 17.7. The molecule has 1 aromatic rings. The summed E-state index contributed by atoms with van der Waals surface area (Å²) in [5.74, 6) is 2.99. The lowest BCUT2D eigenvalue weighted by atomic mass is 10.0. The van der Waals surface area contributed by atoms with Crippen molar-refractivity contribution in [3.05, 3.63) is 17.7 Å². The van der Waals surface area contributed by atoms with Gasteiger partial charge in [-0.15, -0.1) is 24.0 Å². The van der Waals surface area contributed by atoms with Gasteiger partial charge in [0.05, 0.1) is 27.9 Å². The van der Waals surface area contributed by atoms with Crippen molar-refractivity contribution in [3.8, 4) is 17.2 Å². The molecule has 0 bridgehead atoms. The summed E-state index contributed by atoms with van der Waals surface area (Å²) in [5.41, 5.74) is 0.910. The lowest BCUT2D eigenvalue weighted by Crippen LogP contribution is -2.40. The molecule has 0 heterocycles. The first-order chi connectivity index (χ1) is 13.1. The number of halogens is 1. The maximum atomic E-state index is 9.22. The standard InChI is InChI=1S/C20H35N3O4.HI/c1-6-8-15(11-12-24)13-22-20(21-7-2)23-14-16-9-10-17(25-3)19(27-5)18(16)26-4;/h9-10,15,24H,6-8,11-14H2,1-5H3,(H2,21,22,23);1H. The third-order valence-corrected chi connectivity index (χ3v) is 4.33. The van der Waals surface area contributed by atoms with E-state index in [4.69, 9.17) is 14.2 Å². The summed E-state index contributed by atoms with van der Waals surface area (Å²) < 4.78 is 16.3. The van der Waals surface area contributed by atoms with Crippen LogP contribution in [0, 0.1) is 5.92 Å². The molecule has 7 nitrogen and oxygen atoms in total. The molecular weight excluding hydrogens is 473 g/mol. The molecule has 3 N–H and O–H groups in total. The number of guanidine groups is 1. The van der Waals surface area contributed by atoms with E-state index >= 15 is 0 Å². The highest BCUT2D eigenvalue weighted by atomic mass is 127. The van der Waals surface area contributed by atoms with Crippen molar-refractivity contribution in [3.63, 3.8) is 0 Å². The molecule has 1 rings (SSSR count). The number of ether oxygens (including phenoxy) is 3. The highest BCUT2D eigenvalue weighted by Crippen LogP contribution is 2.39. The first kappa shape index (κ1) is 26.6. The molecule has 0 spiro atoms. The summed E-state index contributed by atoms with van der Waals surface area (Å²) in [6.45, 7) is 6.40. The van der Waals surface area contributed by atoms with Crippen molar-refractivity contribution in [2.24, 2.45) is 10.9 Å². The highest BCUT2D eigenvalue weighted by molar-refractivity contribution is 14.0. The second-order valence-electron chi connectivity index (χ2n) is 6.24. The third-order valence-electron chi connectivity index (χ3n) is 4.33. The van der Waals surface area contributed by atoms with Gasteiger partial charge in [-0.3, -0.25) is 0 Å². The average Bonchev–Trinajstić information content (AvgIpc) is 2.69. The molecular formula is C20H36IN3O4. The van der Waals surface area contributed by atoms with Crippen LogP contribution in [0.15, 0.2) is 17.1 Å². The molecule has 0 saturated heterocycles. The molecule has 0 aliphatic carbocycles. The number of benzene rings is 1. The van der Waals surface area contributed by atoms with Gasteiger partial charge in [-0.2, -0.15) is 0 Å². The number of hydrogen-bond acceptors (Lipinski definition) is 5. The van der Waals surface area contributed by atoms with Crippen LogP contribution in [0.2, 0.25) is 0 Å². The summed E-state index contributed by atoms with van der Waals surface area (Å²) in [6.07, 6.45) is 2.98. The minimum atomic E-state index is 0. The zero-order chi connectivity index (χ0) is 20.1. The number of hydrogen-bond donors (Lipinski definition) is 3. The minimum Gasteiger partial charge on any atom is -0.493 e. The van der Waals surface area contributed by atoms with Gasteiger partial charge < -0.3 is 30.0 Å². The summed E-state index contributed by atoms with van der Waals surface area (Å²) in [5, 5.41) is 15.9.